The van der Waals surface area contributed by atoms with E-state index in [-0.39, 0.29) is 12.4 Å². The minimum atomic E-state index is -0.495. The Morgan fingerprint density at radius 3 is 2.76 bits per heavy atom. The number of methoxy groups -OCH3 is 1. The number of carbonyl (C=O) groups is 1. The zero-order valence-corrected chi connectivity index (χ0v) is 12.7. The molecular weight excluding hydrogens is 343 g/mol. The van der Waals surface area contributed by atoms with Gasteiger partial charge in [-0.2, -0.15) is 0 Å². The fraction of sp³-hybridized carbons (Fsp3) is 0.143. The number of pyridine rings is 1. The highest BCUT2D eigenvalue weighted by molar-refractivity contribution is 9.10. The molecule has 0 bridgehead atoms. The van der Waals surface area contributed by atoms with E-state index in [1.807, 2.05) is 0 Å². The lowest BCUT2D eigenvalue weighted by atomic mass is 10.3. The fourth-order valence-electron chi connectivity index (χ4n) is 1.56. The molecule has 1 N–H and O–H groups in total. The van der Waals surface area contributed by atoms with Crippen LogP contribution in [0.25, 0.3) is 0 Å². The van der Waals surface area contributed by atoms with Gasteiger partial charge in [-0.3, -0.25) is 4.79 Å². The number of halogens is 2. The van der Waals surface area contributed by atoms with Crippen molar-refractivity contribution in [2.24, 2.45) is 0 Å². The molecule has 0 aliphatic carbocycles. The summed E-state index contributed by atoms with van der Waals surface area (Å²) < 4.78 is 23.7. The molecule has 0 saturated heterocycles. The molecule has 0 fully saturated rings. The van der Waals surface area contributed by atoms with Crippen molar-refractivity contribution in [1.29, 1.82) is 0 Å². The van der Waals surface area contributed by atoms with Gasteiger partial charge >= 0.3 is 0 Å². The van der Waals surface area contributed by atoms with E-state index in [0.29, 0.717) is 16.0 Å². The van der Waals surface area contributed by atoms with Crippen LogP contribution >= 0.6 is 15.9 Å². The Balaban J connectivity index is 1.96. The van der Waals surface area contributed by atoms with Crippen molar-refractivity contribution >= 4 is 27.7 Å². The fourth-order valence-corrected chi connectivity index (χ4v) is 1.98. The van der Waals surface area contributed by atoms with Crippen molar-refractivity contribution < 1.29 is 18.7 Å². The Bertz CT molecular complexity index is 652. The number of para-hydroxylation sites is 2. The zero-order chi connectivity index (χ0) is 15.2. The lowest BCUT2D eigenvalue weighted by molar-refractivity contribution is -0.118. The summed E-state index contributed by atoms with van der Waals surface area (Å²) in [6.07, 6.45) is 1.02. The van der Waals surface area contributed by atoms with Crippen LogP contribution < -0.4 is 14.8 Å². The number of aromatic nitrogens is 1. The number of ether oxygens (including phenoxy) is 2. The summed E-state index contributed by atoms with van der Waals surface area (Å²) in [6.45, 7) is -0.216. The van der Waals surface area contributed by atoms with Gasteiger partial charge in [0.05, 0.1) is 17.8 Å². The number of hydrogen-bond acceptors (Lipinski definition) is 4. The quantitative estimate of drug-likeness (QED) is 0.896. The van der Waals surface area contributed by atoms with Gasteiger partial charge in [0.25, 0.3) is 5.91 Å². The highest BCUT2D eigenvalue weighted by atomic mass is 79.9. The first-order valence-electron chi connectivity index (χ1n) is 5.97. The Kier molecular flexibility index (Phi) is 5.10. The summed E-state index contributed by atoms with van der Waals surface area (Å²) in [7, 11) is 1.52. The van der Waals surface area contributed by atoms with Crippen LogP contribution in [0.5, 0.6) is 11.5 Å². The molecule has 0 radical (unpaired) electrons. The van der Waals surface area contributed by atoms with Gasteiger partial charge in [-0.1, -0.05) is 12.1 Å². The summed E-state index contributed by atoms with van der Waals surface area (Å²) in [5.74, 6) is 0.309. The molecule has 1 aromatic carbocycles. The van der Waals surface area contributed by atoms with E-state index in [1.54, 1.807) is 24.3 Å². The van der Waals surface area contributed by atoms with Gasteiger partial charge in [-0.05, 0) is 34.1 Å². The number of nitrogens with zero attached hydrogens (tertiary/aromatic N) is 1. The molecule has 0 saturated carbocycles. The molecule has 5 nitrogen and oxygen atoms in total. The summed E-state index contributed by atoms with van der Waals surface area (Å²) in [5.41, 5.74) is 0. The summed E-state index contributed by atoms with van der Waals surface area (Å²) in [4.78, 5) is 15.6. The predicted octanol–water partition coefficient (Wildman–Crippen LogP) is 3.01. The number of benzene rings is 1. The number of nitrogens with one attached hydrogen (secondary N) is 1. The van der Waals surface area contributed by atoms with Crippen molar-refractivity contribution in [3.63, 3.8) is 0 Å². The van der Waals surface area contributed by atoms with E-state index < -0.39 is 11.7 Å². The molecule has 0 atom stereocenters. The lowest BCUT2D eigenvalue weighted by Gasteiger charge is -2.10. The molecule has 1 heterocycles. The maximum absolute atomic E-state index is 12.9. The van der Waals surface area contributed by atoms with Crippen LogP contribution in [-0.2, 0) is 4.79 Å². The van der Waals surface area contributed by atoms with Crippen LogP contribution in [0.15, 0.2) is 41.0 Å². The number of anilines is 1. The Hall–Kier alpha value is -2.15. The first-order chi connectivity index (χ1) is 10.1. The molecule has 110 valence electrons. The average molecular weight is 355 g/mol. The molecule has 1 aromatic heterocycles. The molecule has 21 heavy (non-hydrogen) atoms. The topological polar surface area (TPSA) is 60.5 Å². The zero-order valence-electron chi connectivity index (χ0n) is 11.1. The number of amides is 1. The molecular formula is C14H12BrFN2O3. The summed E-state index contributed by atoms with van der Waals surface area (Å²) in [6, 6.07) is 8.20. The molecule has 1 amide bonds. The maximum atomic E-state index is 12.9. The molecule has 0 unspecified atom stereocenters. The second-order valence-corrected chi connectivity index (χ2v) is 4.83. The third-order valence-corrected chi connectivity index (χ3v) is 3.10. The van der Waals surface area contributed by atoms with Gasteiger partial charge in [0.15, 0.2) is 18.1 Å². The van der Waals surface area contributed by atoms with E-state index in [2.05, 4.69) is 26.2 Å². The molecule has 0 aliphatic heterocycles. The van der Waals surface area contributed by atoms with Crippen molar-refractivity contribution in [3.8, 4) is 11.5 Å². The van der Waals surface area contributed by atoms with Gasteiger partial charge in [0, 0.05) is 0 Å². The average Bonchev–Trinajstić information content (AvgIpc) is 2.48. The van der Waals surface area contributed by atoms with Gasteiger partial charge < -0.3 is 14.8 Å². The normalized spacial score (nSPS) is 10.0. The summed E-state index contributed by atoms with van der Waals surface area (Å²) >= 11 is 3.12. The Labute approximate surface area is 129 Å². The second kappa shape index (κ2) is 7.03. The van der Waals surface area contributed by atoms with Gasteiger partial charge in [-0.15, -0.1) is 0 Å². The Morgan fingerprint density at radius 1 is 1.38 bits per heavy atom. The summed E-state index contributed by atoms with van der Waals surface area (Å²) in [5, 5.41) is 2.52. The van der Waals surface area contributed by atoms with Gasteiger partial charge in [-0.25, -0.2) is 9.37 Å². The smallest absolute Gasteiger partial charge is 0.263 e. The number of rotatable bonds is 5. The molecule has 2 aromatic rings. The van der Waals surface area contributed by atoms with Gasteiger partial charge in [0.2, 0.25) is 0 Å². The van der Waals surface area contributed by atoms with E-state index in [4.69, 9.17) is 9.47 Å². The first kappa shape index (κ1) is 15.2. The highest BCUT2D eigenvalue weighted by Crippen LogP contribution is 2.25. The molecule has 2 rings (SSSR count). The van der Waals surface area contributed by atoms with Crippen molar-refractivity contribution in [2.75, 3.05) is 19.0 Å². The van der Waals surface area contributed by atoms with Crippen molar-refractivity contribution in [2.45, 2.75) is 0 Å². The molecule has 0 aliphatic rings. The third-order valence-electron chi connectivity index (χ3n) is 2.49. The molecule has 7 heteroatoms. The van der Waals surface area contributed by atoms with Crippen molar-refractivity contribution in [1.82, 2.24) is 4.98 Å². The van der Waals surface area contributed by atoms with Crippen LogP contribution in [0.1, 0.15) is 0 Å². The largest absolute Gasteiger partial charge is 0.493 e. The standard InChI is InChI=1S/C14H12BrFN2O3/c1-20-11-4-2-3-5-12(11)21-8-13(19)18-14-10(15)6-9(16)7-17-14/h2-7H,8H2,1H3,(H,17,18,19). The molecule has 0 spiro atoms. The van der Waals surface area contributed by atoms with Crippen LogP contribution in [0.4, 0.5) is 10.2 Å². The van der Waals surface area contributed by atoms with E-state index in [1.165, 1.54) is 13.2 Å². The van der Waals surface area contributed by atoms with Crippen LogP contribution in [-0.4, -0.2) is 24.6 Å². The SMILES string of the molecule is COc1ccccc1OCC(=O)Nc1ncc(F)cc1Br. The van der Waals surface area contributed by atoms with Crippen LogP contribution in [0.2, 0.25) is 0 Å². The van der Waals surface area contributed by atoms with Crippen LogP contribution in [0, 0.1) is 5.82 Å². The minimum absolute atomic E-state index is 0.216. The van der Waals surface area contributed by atoms with E-state index in [9.17, 15) is 9.18 Å². The third kappa shape index (κ3) is 4.16. The Morgan fingerprint density at radius 2 is 2.10 bits per heavy atom. The highest BCUT2D eigenvalue weighted by Gasteiger charge is 2.10. The second-order valence-electron chi connectivity index (χ2n) is 3.97. The van der Waals surface area contributed by atoms with Gasteiger partial charge in [0.1, 0.15) is 11.6 Å². The maximum Gasteiger partial charge on any atom is 0.263 e. The van der Waals surface area contributed by atoms with E-state index in [0.717, 1.165) is 6.20 Å². The number of carbonyl (C=O) groups excluding carboxylic acids is 1. The lowest BCUT2D eigenvalue weighted by Crippen LogP contribution is -2.21. The van der Waals surface area contributed by atoms with E-state index >= 15 is 0 Å². The monoisotopic (exact) mass is 354 g/mol. The van der Waals surface area contributed by atoms with Crippen LogP contribution in [0.3, 0.4) is 0 Å². The first-order valence-corrected chi connectivity index (χ1v) is 6.76. The number of hydrogen-bond donors (Lipinski definition) is 1. The van der Waals surface area contributed by atoms with Crippen molar-refractivity contribution in [3.05, 3.63) is 46.8 Å². The predicted molar refractivity (Wildman–Crippen MR) is 79.0 cm³/mol. The minimum Gasteiger partial charge on any atom is -0.493 e.